The van der Waals surface area contributed by atoms with Gasteiger partial charge in [-0.05, 0) is 36.8 Å². The van der Waals surface area contributed by atoms with Crippen LogP contribution in [0.2, 0.25) is 0 Å². The SMILES string of the molecule is CCNC(=O)c1csc(-c2ccc(OCc3cccc(C(F)(F)F)c3)cc2F)n1. The summed E-state index contributed by atoms with van der Waals surface area (Å²) < 4.78 is 58.2. The molecule has 0 spiro atoms. The van der Waals surface area contributed by atoms with E-state index in [-0.39, 0.29) is 29.5 Å². The molecule has 9 heteroatoms. The highest BCUT2D eigenvalue weighted by Gasteiger charge is 2.30. The number of halogens is 4. The Bertz CT molecular complexity index is 1020. The predicted octanol–water partition coefficient (Wildman–Crippen LogP) is 5.30. The molecule has 1 N–H and O–H groups in total. The van der Waals surface area contributed by atoms with Crippen molar-refractivity contribution in [3.8, 4) is 16.3 Å². The van der Waals surface area contributed by atoms with Crippen molar-refractivity contribution < 1.29 is 27.1 Å². The maximum Gasteiger partial charge on any atom is 0.416 e. The molecule has 0 radical (unpaired) electrons. The number of aromatic nitrogens is 1. The summed E-state index contributed by atoms with van der Waals surface area (Å²) in [7, 11) is 0. The molecule has 0 aliphatic carbocycles. The summed E-state index contributed by atoms with van der Waals surface area (Å²) >= 11 is 1.13. The highest BCUT2D eigenvalue weighted by Crippen LogP contribution is 2.31. The topological polar surface area (TPSA) is 51.2 Å². The second-order valence-corrected chi connectivity index (χ2v) is 6.88. The normalized spacial score (nSPS) is 11.3. The zero-order valence-corrected chi connectivity index (χ0v) is 16.0. The highest BCUT2D eigenvalue weighted by atomic mass is 32.1. The molecule has 2 aromatic carbocycles. The Morgan fingerprint density at radius 1 is 1.21 bits per heavy atom. The van der Waals surface area contributed by atoms with Gasteiger partial charge in [0, 0.05) is 23.6 Å². The maximum atomic E-state index is 14.5. The predicted molar refractivity (Wildman–Crippen MR) is 101 cm³/mol. The summed E-state index contributed by atoms with van der Waals surface area (Å²) in [6.45, 7) is 2.10. The van der Waals surface area contributed by atoms with Gasteiger partial charge in [0.2, 0.25) is 0 Å². The van der Waals surface area contributed by atoms with Crippen LogP contribution in [-0.4, -0.2) is 17.4 Å². The molecular weight excluding hydrogens is 408 g/mol. The molecule has 1 aromatic heterocycles. The van der Waals surface area contributed by atoms with Gasteiger partial charge in [0.15, 0.2) is 0 Å². The Morgan fingerprint density at radius 2 is 2.00 bits per heavy atom. The van der Waals surface area contributed by atoms with Crippen molar-refractivity contribution in [1.29, 1.82) is 0 Å². The summed E-state index contributed by atoms with van der Waals surface area (Å²) in [5.74, 6) is -0.774. The molecule has 0 aliphatic heterocycles. The third-order valence-electron chi connectivity index (χ3n) is 3.90. The molecule has 0 bridgehead atoms. The van der Waals surface area contributed by atoms with Crippen LogP contribution in [-0.2, 0) is 12.8 Å². The molecular formula is C20H16F4N2O2S. The number of hydrogen-bond donors (Lipinski definition) is 1. The van der Waals surface area contributed by atoms with Gasteiger partial charge in [-0.3, -0.25) is 4.79 Å². The fraction of sp³-hybridized carbons (Fsp3) is 0.200. The first kappa shape index (κ1) is 20.8. The summed E-state index contributed by atoms with van der Waals surface area (Å²) in [4.78, 5) is 15.9. The lowest BCUT2D eigenvalue weighted by molar-refractivity contribution is -0.137. The van der Waals surface area contributed by atoms with E-state index in [9.17, 15) is 22.4 Å². The molecule has 4 nitrogen and oxygen atoms in total. The standard InChI is InChI=1S/C20H16F4N2O2S/c1-2-25-18(27)17-11-29-19(26-17)15-7-6-14(9-16(15)21)28-10-12-4-3-5-13(8-12)20(22,23)24/h3-9,11H,2,10H2,1H3,(H,25,27). The van der Waals surface area contributed by atoms with Crippen molar-refractivity contribution in [2.45, 2.75) is 19.7 Å². The van der Waals surface area contributed by atoms with Crippen LogP contribution in [0.15, 0.2) is 47.8 Å². The van der Waals surface area contributed by atoms with Crippen LogP contribution in [0.4, 0.5) is 17.6 Å². The summed E-state index contributed by atoms with van der Waals surface area (Å²) in [6.07, 6.45) is -4.44. The van der Waals surface area contributed by atoms with E-state index in [1.807, 2.05) is 0 Å². The monoisotopic (exact) mass is 424 g/mol. The molecule has 152 valence electrons. The van der Waals surface area contributed by atoms with Crippen molar-refractivity contribution in [3.63, 3.8) is 0 Å². The second kappa shape index (κ2) is 8.60. The molecule has 0 fully saturated rings. The van der Waals surface area contributed by atoms with E-state index in [1.165, 1.54) is 29.6 Å². The molecule has 3 aromatic rings. The molecule has 3 rings (SSSR count). The number of alkyl halides is 3. The van der Waals surface area contributed by atoms with Crippen molar-refractivity contribution in [2.75, 3.05) is 6.54 Å². The molecule has 0 aliphatic rings. The van der Waals surface area contributed by atoms with Gasteiger partial charge in [-0.15, -0.1) is 11.3 Å². The maximum absolute atomic E-state index is 14.5. The first-order valence-corrected chi connectivity index (χ1v) is 9.48. The molecule has 0 atom stereocenters. The number of thiazole rings is 1. The summed E-state index contributed by atoms with van der Waals surface area (Å²) in [5.41, 5.74) is -0.0456. The third-order valence-corrected chi connectivity index (χ3v) is 4.78. The Hall–Kier alpha value is -2.94. The summed E-state index contributed by atoms with van der Waals surface area (Å²) in [5, 5.41) is 4.50. The minimum atomic E-state index is -4.44. The van der Waals surface area contributed by atoms with E-state index in [0.717, 1.165) is 29.5 Å². The van der Waals surface area contributed by atoms with Crippen molar-refractivity contribution in [3.05, 3.63) is 70.5 Å². The number of nitrogens with zero attached hydrogens (tertiary/aromatic N) is 1. The number of benzene rings is 2. The van der Waals surface area contributed by atoms with Gasteiger partial charge in [-0.2, -0.15) is 13.2 Å². The van der Waals surface area contributed by atoms with Crippen LogP contribution in [0, 0.1) is 5.82 Å². The lowest BCUT2D eigenvalue weighted by Gasteiger charge is -2.10. The Labute approximate surface area is 168 Å². The van der Waals surface area contributed by atoms with Gasteiger partial charge in [0.25, 0.3) is 5.91 Å². The first-order valence-electron chi connectivity index (χ1n) is 8.60. The highest BCUT2D eigenvalue weighted by molar-refractivity contribution is 7.13. The zero-order valence-electron chi connectivity index (χ0n) is 15.2. The van der Waals surface area contributed by atoms with E-state index in [2.05, 4.69) is 10.3 Å². The number of rotatable bonds is 6. The first-order chi connectivity index (χ1) is 13.8. The van der Waals surface area contributed by atoms with Gasteiger partial charge >= 0.3 is 6.18 Å². The van der Waals surface area contributed by atoms with Gasteiger partial charge in [0.05, 0.1) is 5.56 Å². The molecule has 0 saturated heterocycles. The zero-order chi connectivity index (χ0) is 21.0. The number of ether oxygens (including phenoxy) is 1. The van der Waals surface area contributed by atoms with E-state index < -0.39 is 17.6 Å². The van der Waals surface area contributed by atoms with E-state index >= 15 is 0 Å². The van der Waals surface area contributed by atoms with Crippen molar-refractivity contribution in [2.24, 2.45) is 0 Å². The van der Waals surface area contributed by atoms with E-state index in [1.54, 1.807) is 6.92 Å². The number of carbonyl (C=O) groups is 1. The largest absolute Gasteiger partial charge is 0.489 e. The molecule has 0 unspecified atom stereocenters. The molecule has 1 heterocycles. The second-order valence-electron chi connectivity index (χ2n) is 6.03. The lowest BCUT2D eigenvalue weighted by Crippen LogP contribution is -2.22. The smallest absolute Gasteiger partial charge is 0.416 e. The van der Waals surface area contributed by atoms with Crippen LogP contribution in [0.3, 0.4) is 0 Å². The molecule has 1 amide bonds. The molecule has 0 saturated carbocycles. The summed E-state index contributed by atoms with van der Waals surface area (Å²) in [6, 6.07) is 8.84. The Balaban J connectivity index is 1.71. The Kier molecular flexibility index (Phi) is 6.17. The van der Waals surface area contributed by atoms with Gasteiger partial charge < -0.3 is 10.1 Å². The van der Waals surface area contributed by atoms with Crippen LogP contribution in [0.25, 0.3) is 10.6 Å². The number of nitrogens with one attached hydrogen (secondary N) is 1. The molecule has 29 heavy (non-hydrogen) atoms. The lowest BCUT2D eigenvalue weighted by atomic mass is 10.1. The van der Waals surface area contributed by atoms with Gasteiger partial charge in [0.1, 0.15) is 28.9 Å². The average molecular weight is 424 g/mol. The van der Waals surface area contributed by atoms with E-state index in [4.69, 9.17) is 4.74 Å². The Morgan fingerprint density at radius 3 is 2.69 bits per heavy atom. The van der Waals surface area contributed by atoms with Crippen LogP contribution >= 0.6 is 11.3 Å². The number of hydrogen-bond acceptors (Lipinski definition) is 4. The van der Waals surface area contributed by atoms with Crippen LogP contribution in [0.1, 0.15) is 28.5 Å². The average Bonchev–Trinajstić information content (AvgIpc) is 3.16. The van der Waals surface area contributed by atoms with Gasteiger partial charge in [-0.1, -0.05) is 12.1 Å². The fourth-order valence-corrected chi connectivity index (χ4v) is 3.34. The van der Waals surface area contributed by atoms with Crippen molar-refractivity contribution >= 4 is 17.2 Å². The van der Waals surface area contributed by atoms with E-state index in [0.29, 0.717) is 17.1 Å². The minimum Gasteiger partial charge on any atom is -0.489 e. The fourth-order valence-electron chi connectivity index (χ4n) is 2.52. The van der Waals surface area contributed by atoms with Crippen molar-refractivity contribution in [1.82, 2.24) is 10.3 Å². The minimum absolute atomic E-state index is 0.138. The van der Waals surface area contributed by atoms with Gasteiger partial charge in [-0.25, -0.2) is 9.37 Å². The van der Waals surface area contributed by atoms with Crippen LogP contribution in [0.5, 0.6) is 5.75 Å². The number of carbonyl (C=O) groups excluding carboxylic acids is 1. The number of amides is 1. The van der Waals surface area contributed by atoms with Crippen LogP contribution < -0.4 is 10.1 Å². The third kappa shape index (κ3) is 5.11. The quantitative estimate of drug-likeness (QED) is 0.547.